The Balaban J connectivity index is 0.000000211. The van der Waals surface area contributed by atoms with Gasteiger partial charge in [0.2, 0.25) is 11.4 Å². The van der Waals surface area contributed by atoms with Gasteiger partial charge in [0.1, 0.15) is 23.5 Å². The van der Waals surface area contributed by atoms with E-state index in [0.717, 1.165) is 49.5 Å². The first-order chi connectivity index (χ1) is 34.1. The summed E-state index contributed by atoms with van der Waals surface area (Å²) in [5, 5.41) is 43.5. The van der Waals surface area contributed by atoms with Gasteiger partial charge in [0, 0.05) is 47.2 Å². The third-order valence-electron chi connectivity index (χ3n) is 13.5. The second-order valence-corrected chi connectivity index (χ2v) is 19.2. The molecule has 18 heteroatoms. The van der Waals surface area contributed by atoms with Crippen molar-refractivity contribution in [1.82, 2.24) is 0 Å². The van der Waals surface area contributed by atoms with Crippen LogP contribution in [0.5, 0.6) is 0 Å². The van der Waals surface area contributed by atoms with Gasteiger partial charge in [0.15, 0.2) is 24.0 Å². The molecule has 2 saturated carbocycles. The van der Waals surface area contributed by atoms with E-state index in [-0.39, 0.29) is 79.9 Å². The number of pyridine rings is 2. The number of Topliss-reactive ketones (excluding diaryl/α,β-unsaturated/α-hetero) is 2. The number of rotatable bonds is 18. The minimum absolute atomic E-state index is 0.00807. The molecule has 0 spiro atoms. The van der Waals surface area contributed by atoms with E-state index in [1.165, 1.54) is 48.5 Å². The number of carbonyl (C=O) groups excluding carboxylic acids is 2. The Morgan fingerprint density at radius 2 is 0.903 bits per heavy atom. The number of hydrogen-bond acceptors (Lipinski definition) is 6. The molecule has 6 aromatic rings. The van der Waals surface area contributed by atoms with E-state index < -0.39 is 70.5 Å². The number of aromatic nitrogens is 2. The highest BCUT2D eigenvalue weighted by Gasteiger charge is 2.41. The summed E-state index contributed by atoms with van der Waals surface area (Å²) in [5.41, 5.74) is -0.529. The Hall–Kier alpha value is -6.78. The van der Waals surface area contributed by atoms with Crippen molar-refractivity contribution in [3.8, 4) is 22.3 Å². The molecule has 10 nitrogen and oxygen atoms in total. The second kappa shape index (κ2) is 22.3. The molecular weight excluding hydrogens is 989 g/mol. The molecule has 4 aromatic carbocycles. The van der Waals surface area contributed by atoms with Crippen LogP contribution in [0.15, 0.2) is 109 Å². The van der Waals surface area contributed by atoms with E-state index >= 15 is 0 Å². The van der Waals surface area contributed by atoms with Crippen LogP contribution in [0.4, 0.5) is 26.3 Å². The summed E-state index contributed by atoms with van der Waals surface area (Å²) >= 11 is 11.6. The highest BCUT2D eigenvalue weighted by atomic mass is 35.5. The average molecular weight is 1040 g/mol. The van der Waals surface area contributed by atoms with Crippen molar-refractivity contribution < 1.29 is 65.2 Å². The van der Waals surface area contributed by atoms with Gasteiger partial charge in [0.25, 0.3) is 12.9 Å². The Labute approximate surface area is 419 Å². The summed E-state index contributed by atoms with van der Waals surface area (Å²) < 4.78 is 84.4. The Bertz CT molecular complexity index is 2830. The lowest BCUT2D eigenvalue weighted by atomic mass is 9.88. The molecule has 72 heavy (non-hydrogen) atoms. The molecular formula is C54H46Cl2F6N2O8. The highest BCUT2D eigenvalue weighted by molar-refractivity contribution is 6.31. The Morgan fingerprint density at radius 1 is 0.569 bits per heavy atom. The van der Waals surface area contributed by atoms with Crippen LogP contribution in [0, 0.1) is 45.7 Å². The maximum Gasteiger partial charge on any atom is 0.335 e. The van der Waals surface area contributed by atoms with Crippen LogP contribution in [0.3, 0.4) is 0 Å². The zero-order chi connectivity index (χ0) is 52.3. The summed E-state index contributed by atoms with van der Waals surface area (Å²) in [4.78, 5) is 48.8. The fraction of sp³-hybridized carbons (Fsp3) is 0.296. The van der Waals surface area contributed by atoms with Gasteiger partial charge in [-0.05, 0) is 109 Å². The zero-order valence-electron chi connectivity index (χ0n) is 38.5. The van der Waals surface area contributed by atoms with Crippen LogP contribution in [0.2, 0.25) is 10.0 Å². The molecule has 2 N–H and O–H groups in total. The largest absolute Gasteiger partial charge is 0.618 e. The lowest BCUT2D eigenvalue weighted by Crippen LogP contribution is -2.36. The summed E-state index contributed by atoms with van der Waals surface area (Å²) in [7, 11) is 0. The van der Waals surface area contributed by atoms with Crippen LogP contribution in [0.1, 0.15) is 119 Å². The van der Waals surface area contributed by atoms with E-state index in [2.05, 4.69) is 13.8 Å². The molecule has 4 unspecified atom stereocenters. The van der Waals surface area contributed by atoms with Gasteiger partial charge in [-0.2, -0.15) is 9.46 Å². The minimum Gasteiger partial charge on any atom is -0.618 e. The fourth-order valence-electron chi connectivity index (χ4n) is 8.98. The molecule has 2 fully saturated rings. The number of benzene rings is 4. The predicted octanol–water partition coefficient (Wildman–Crippen LogP) is 12.7. The molecule has 0 radical (unpaired) electrons. The van der Waals surface area contributed by atoms with Crippen LogP contribution < -0.4 is 9.46 Å². The van der Waals surface area contributed by atoms with E-state index in [4.69, 9.17) is 33.4 Å². The molecule has 0 saturated heterocycles. The predicted molar refractivity (Wildman–Crippen MR) is 255 cm³/mol. The Kier molecular flexibility index (Phi) is 16.4. The molecule has 0 bridgehead atoms. The Morgan fingerprint density at radius 3 is 1.18 bits per heavy atom. The fourth-order valence-corrected chi connectivity index (χ4v) is 9.29. The summed E-state index contributed by atoms with van der Waals surface area (Å²) in [5.74, 6) is -4.85. The van der Waals surface area contributed by atoms with Crippen molar-refractivity contribution in [3.05, 3.63) is 186 Å². The number of halogens is 8. The molecule has 0 aliphatic heterocycles. The molecule has 2 heterocycles. The molecule has 2 aliphatic rings. The SMILES string of the molecule is CC1CC1C[C@@H](C(=O)Cc1ccc(C(=O)O)cc1)c1ccc(-c2c(C(F)F)ccc(Cl)c2F)c[n+]1[O-].CC1CC1C[C@H](C(=O)Cc1ccc(C(=O)O)cc1)c1ccc(-c2c(C(F)F)ccc(Cl)c2F)c[n+]1[O-]. The quantitative estimate of drug-likeness (QED) is 0.0488. The van der Waals surface area contributed by atoms with Crippen molar-refractivity contribution >= 4 is 46.7 Å². The number of ketones is 2. The number of carboxylic acid groups (broad SMARTS) is 2. The maximum atomic E-state index is 14.7. The molecule has 0 amide bonds. The van der Waals surface area contributed by atoms with Crippen molar-refractivity contribution in [2.45, 2.75) is 77.1 Å². The standard InChI is InChI=1S/2C27H23ClF3NO4/c2*1-14-10-18(14)12-20(23(33)11-15-2-4-16(5-3-15)27(34)35)22-9-6-17(13-32(22)36)24-19(26(30)31)7-8-21(28)25(24)29/h2*2-9,13-14,18,20,26H,10-12H2,1H3,(H,34,35)/t2*14?,18?,20-/m10/s1. The number of carbonyl (C=O) groups is 4. The minimum atomic E-state index is -2.98. The van der Waals surface area contributed by atoms with Crippen molar-refractivity contribution in [1.29, 1.82) is 0 Å². The molecule has 2 aromatic heterocycles. The van der Waals surface area contributed by atoms with Gasteiger partial charge < -0.3 is 20.6 Å². The van der Waals surface area contributed by atoms with E-state index in [1.807, 2.05) is 0 Å². The molecule has 376 valence electrons. The van der Waals surface area contributed by atoms with Gasteiger partial charge in [-0.3, -0.25) is 9.59 Å². The van der Waals surface area contributed by atoms with Crippen molar-refractivity contribution in [2.24, 2.45) is 23.7 Å². The van der Waals surface area contributed by atoms with E-state index in [0.29, 0.717) is 45.3 Å². The maximum absolute atomic E-state index is 14.7. The molecule has 6 atom stereocenters. The lowest BCUT2D eigenvalue weighted by molar-refractivity contribution is -0.614. The van der Waals surface area contributed by atoms with Crippen molar-refractivity contribution in [2.75, 3.05) is 0 Å². The molecule has 2 aliphatic carbocycles. The van der Waals surface area contributed by atoms with Crippen LogP contribution >= 0.6 is 23.2 Å². The highest BCUT2D eigenvalue weighted by Crippen LogP contribution is 2.46. The monoisotopic (exact) mass is 1030 g/mol. The van der Waals surface area contributed by atoms with E-state index in [9.17, 15) is 55.9 Å². The lowest BCUT2D eigenvalue weighted by Gasteiger charge is -2.17. The van der Waals surface area contributed by atoms with Crippen LogP contribution in [0.25, 0.3) is 22.3 Å². The third-order valence-corrected chi connectivity index (χ3v) is 14.1. The van der Waals surface area contributed by atoms with Crippen LogP contribution in [-0.4, -0.2) is 33.7 Å². The third kappa shape index (κ3) is 12.3. The van der Waals surface area contributed by atoms with Gasteiger partial charge >= 0.3 is 11.9 Å². The van der Waals surface area contributed by atoms with Crippen molar-refractivity contribution in [3.63, 3.8) is 0 Å². The first-order valence-electron chi connectivity index (χ1n) is 22.8. The normalized spacial score (nSPS) is 17.7. The molecule has 8 rings (SSSR count). The summed E-state index contributed by atoms with van der Waals surface area (Å²) in [6, 6.07) is 21.4. The number of carboxylic acids is 2. The number of aromatic carboxylic acids is 2. The topological polar surface area (TPSA) is 163 Å². The second-order valence-electron chi connectivity index (χ2n) is 18.4. The first-order valence-corrected chi connectivity index (χ1v) is 23.6. The number of hydrogen-bond donors (Lipinski definition) is 2. The zero-order valence-corrected chi connectivity index (χ0v) is 40.0. The first kappa shape index (κ1) is 53.0. The number of nitrogens with zero attached hydrogens (tertiary/aromatic N) is 2. The summed E-state index contributed by atoms with van der Waals surface area (Å²) in [6.45, 7) is 4.11. The van der Waals surface area contributed by atoms with E-state index in [1.54, 1.807) is 24.3 Å². The average Bonchev–Trinajstić information content (AvgIpc) is 4.25. The number of alkyl halides is 4. The van der Waals surface area contributed by atoms with Gasteiger partial charge in [0.05, 0.1) is 32.3 Å². The van der Waals surface area contributed by atoms with Gasteiger partial charge in [-0.25, -0.2) is 35.9 Å². The van der Waals surface area contributed by atoms with Gasteiger partial charge in [-0.15, -0.1) is 0 Å². The van der Waals surface area contributed by atoms with Gasteiger partial charge in [-0.1, -0.05) is 73.4 Å². The smallest absolute Gasteiger partial charge is 0.335 e. The van der Waals surface area contributed by atoms with Crippen LogP contribution in [-0.2, 0) is 22.4 Å². The summed E-state index contributed by atoms with van der Waals surface area (Å²) in [6.07, 6.45) is -1.24.